The van der Waals surface area contributed by atoms with Gasteiger partial charge in [0.25, 0.3) is 0 Å². The number of amides is 1. The van der Waals surface area contributed by atoms with E-state index in [0.29, 0.717) is 5.92 Å². The van der Waals surface area contributed by atoms with Crippen molar-refractivity contribution < 1.29 is 13.2 Å². The Balaban J connectivity index is 1.75. The van der Waals surface area contributed by atoms with Crippen molar-refractivity contribution in [3.8, 4) is 0 Å². The number of benzene rings is 1. The number of aryl methyl sites for hydroxylation is 1. The molecule has 1 aliphatic rings. The van der Waals surface area contributed by atoms with Crippen LogP contribution in [0.15, 0.2) is 29.7 Å². The third-order valence-corrected chi connectivity index (χ3v) is 5.73. The first-order valence-electron chi connectivity index (χ1n) is 8.89. The Morgan fingerprint density at radius 1 is 1.20 bits per heavy atom. The largest absolute Gasteiger partial charge is 0.353 e. The fourth-order valence-corrected chi connectivity index (χ4v) is 3.83. The lowest BCUT2D eigenvalue weighted by Crippen LogP contribution is -2.42. The first-order valence-corrected chi connectivity index (χ1v) is 10.4. The monoisotopic (exact) mass is 364 g/mol. The van der Waals surface area contributed by atoms with Crippen LogP contribution in [-0.4, -0.2) is 26.9 Å². The summed E-state index contributed by atoms with van der Waals surface area (Å²) in [6.45, 7) is 4.24. The van der Waals surface area contributed by atoms with E-state index in [-0.39, 0.29) is 24.9 Å². The lowest BCUT2D eigenvalue weighted by Gasteiger charge is -2.29. The Morgan fingerprint density at radius 2 is 1.88 bits per heavy atom. The molecule has 1 aromatic rings. The topological polar surface area (TPSA) is 75.3 Å². The van der Waals surface area contributed by atoms with Crippen LogP contribution in [0.25, 0.3) is 6.08 Å². The summed E-state index contributed by atoms with van der Waals surface area (Å²) in [5.74, 6) is 0.399. The molecule has 0 aliphatic heterocycles. The molecule has 1 aliphatic carbocycles. The molecule has 1 saturated carbocycles. The van der Waals surface area contributed by atoms with Crippen molar-refractivity contribution in [3.63, 3.8) is 0 Å². The summed E-state index contributed by atoms with van der Waals surface area (Å²) in [6.07, 6.45) is 6.22. The van der Waals surface area contributed by atoms with Gasteiger partial charge in [-0.1, -0.05) is 49.6 Å². The Labute approximate surface area is 151 Å². The smallest absolute Gasteiger partial charge is 0.233 e. The molecule has 25 heavy (non-hydrogen) atoms. The standard InChI is InChI=1S/C19H28N2O3S/c1-15-7-9-17(10-8-15)12-14-25(23,24)20-13-11-19(22)21-18-6-4-3-5-16(18)2/h7-10,12,14,16,18,20H,3-6,11,13H2,1-2H3,(H,21,22)/b14-12+/t16-,18+/m1/s1. The van der Waals surface area contributed by atoms with Crippen molar-refractivity contribution >= 4 is 22.0 Å². The zero-order valence-electron chi connectivity index (χ0n) is 15.0. The molecule has 0 bridgehead atoms. The molecule has 0 heterocycles. The van der Waals surface area contributed by atoms with Crippen molar-refractivity contribution in [2.24, 2.45) is 5.92 Å². The van der Waals surface area contributed by atoms with E-state index >= 15 is 0 Å². The molecule has 0 aromatic heterocycles. The lowest BCUT2D eigenvalue weighted by atomic mass is 9.86. The first-order chi connectivity index (χ1) is 11.9. The quantitative estimate of drug-likeness (QED) is 0.781. The van der Waals surface area contributed by atoms with Gasteiger partial charge in [0.05, 0.1) is 0 Å². The molecule has 1 fully saturated rings. The summed E-state index contributed by atoms with van der Waals surface area (Å²) in [4.78, 5) is 12.0. The third-order valence-electron chi connectivity index (χ3n) is 4.63. The van der Waals surface area contributed by atoms with E-state index < -0.39 is 10.0 Å². The van der Waals surface area contributed by atoms with Crippen LogP contribution in [0.5, 0.6) is 0 Å². The second-order valence-electron chi connectivity index (χ2n) is 6.84. The highest BCUT2D eigenvalue weighted by Gasteiger charge is 2.22. The number of nitrogens with one attached hydrogen (secondary N) is 2. The van der Waals surface area contributed by atoms with Crippen LogP contribution in [0.1, 0.15) is 50.2 Å². The van der Waals surface area contributed by atoms with E-state index in [1.807, 2.05) is 31.2 Å². The highest BCUT2D eigenvalue weighted by Crippen LogP contribution is 2.23. The van der Waals surface area contributed by atoms with Crippen LogP contribution in [0, 0.1) is 12.8 Å². The number of hydrogen-bond acceptors (Lipinski definition) is 3. The summed E-state index contributed by atoms with van der Waals surface area (Å²) in [5.41, 5.74) is 1.94. The van der Waals surface area contributed by atoms with Gasteiger partial charge in [-0.2, -0.15) is 0 Å². The summed E-state index contributed by atoms with van der Waals surface area (Å²) in [6, 6.07) is 7.80. The average Bonchev–Trinajstić information content (AvgIpc) is 2.56. The Morgan fingerprint density at radius 3 is 2.56 bits per heavy atom. The normalized spacial score (nSPS) is 21.4. The van der Waals surface area contributed by atoms with E-state index in [2.05, 4.69) is 17.0 Å². The maximum absolute atomic E-state index is 12.0. The lowest BCUT2D eigenvalue weighted by molar-refractivity contribution is -0.122. The van der Waals surface area contributed by atoms with Crippen LogP contribution >= 0.6 is 0 Å². The van der Waals surface area contributed by atoms with Gasteiger partial charge in [-0.3, -0.25) is 4.79 Å². The fourth-order valence-electron chi connectivity index (χ4n) is 3.01. The molecular formula is C19H28N2O3S. The molecule has 1 aromatic carbocycles. The van der Waals surface area contributed by atoms with Crippen LogP contribution in [0.4, 0.5) is 0 Å². The van der Waals surface area contributed by atoms with Crippen LogP contribution < -0.4 is 10.0 Å². The SMILES string of the molecule is Cc1ccc(/C=C/S(=O)(=O)NCCC(=O)N[C@H]2CCCC[C@H]2C)cc1. The molecular weight excluding hydrogens is 336 g/mol. The molecule has 0 unspecified atom stereocenters. The van der Waals surface area contributed by atoms with Gasteiger partial charge in [-0.05, 0) is 37.3 Å². The minimum Gasteiger partial charge on any atom is -0.353 e. The molecule has 1 amide bonds. The molecule has 0 spiro atoms. The van der Waals surface area contributed by atoms with E-state index in [1.165, 1.54) is 6.42 Å². The number of carbonyl (C=O) groups excluding carboxylic acids is 1. The number of rotatable bonds is 7. The second-order valence-corrected chi connectivity index (χ2v) is 8.49. The Bertz CT molecular complexity index is 696. The predicted octanol–water partition coefficient (Wildman–Crippen LogP) is 2.97. The van der Waals surface area contributed by atoms with Gasteiger partial charge in [0.1, 0.15) is 0 Å². The van der Waals surface area contributed by atoms with Crippen LogP contribution in [-0.2, 0) is 14.8 Å². The molecule has 2 rings (SSSR count). The van der Waals surface area contributed by atoms with E-state index in [9.17, 15) is 13.2 Å². The Hall–Kier alpha value is -1.66. The van der Waals surface area contributed by atoms with Crippen LogP contribution in [0.2, 0.25) is 0 Å². The average molecular weight is 365 g/mol. The highest BCUT2D eigenvalue weighted by atomic mass is 32.2. The summed E-state index contributed by atoms with van der Waals surface area (Å²) < 4.78 is 26.4. The van der Waals surface area contributed by atoms with Gasteiger partial charge < -0.3 is 5.32 Å². The van der Waals surface area contributed by atoms with E-state index in [4.69, 9.17) is 0 Å². The number of hydrogen-bond donors (Lipinski definition) is 2. The van der Waals surface area contributed by atoms with Gasteiger partial charge in [0.2, 0.25) is 15.9 Å². The van der Waals surface area contributed by atoms with Crippen molar-refractivity contribution in [2.45, 2.75) is 52.0 Å². The van der Waals surface area contributed by atoms with Crippen molar-refractivity contribution in [3.05, 3.63) is 40.8 Å². The fraction of sp³-hybridized carbons (Fsp3) is 0.526. The van der Waals surface area contributed by atoms with Crippen molar-refractivity contribution in [1.82, 2.24) is 10.0 Å². The molecule has 2 atom stereocenters. The summed E-state index contributed by atoms with van der Waals surface area (Å²) in [7, 11) is -3.54. The number of sulfonamides is 1. The zero-order valence-corrected chi connectivity index (χ0v) is 15.8. The van der Waals surface area contributed by atoms with Gasteiger partial charge in [0, 0.05) is 24.4 Å². The Kier molecular flexibility index (Phi) is 7.20. The van der Waals surface area contributed by atoms with Gasteiger partial charge in [-0.25, -0.2) is 13.1 Å². The predicted molar refractivity (Wildman–Crippen MR) is 101 cm³/mol. The highest BCUT2D eigenvalue weighted by molar-refractivity contribution is 7.92. The van der Waals surface area contributed by atoms with E-state index in [0.717, 1.165) is 35.8 Å². The maximum atomic E-state index is 12.0. The van der Waals surface area contributed by atoms with Gasteiger partial charge in [0.15, 0.2) is 0 Å². The molecule has 0 saturated heterocycles. The van der Waals surface area contributed by atoms with Gasteiger partial charge in [-0.15, -0.1) is 0 Å². The number of carbonyl (C=O) groups is 1. The zero-order chi connectivity index (χ0) is 18.3. The molecule has 6 heteroatoms. The molecule has 2 N–H and O–H groups in total. The summed E-state index contributed by atoms with van der Waals surface area (Å²) >= 11 is 0. The minimum absolute atomic E-state index is 0.0936. The van der Waals surface area contributed by atoms with Crippen LogP contribution in [0.3, 0.4) is 0 Å². The molecule has 5 nitrogen and oxygen atoms in total. The molecule has 0 radical (unpaired) electrons. The molecule has 138 valence electrons. The van der Waals surface area contributed by atoms with Crippen molar-refractivity contribution in [1.29, 1.82) is 0 Å². The third kappa shape index (κ3) is 7.00. The minimum atomic E-state index is -3.54. The van der Waals surface area contributed by atoms with Gasteiger partial charge >= 0.3 is 0 Å². The summed E-state index contributed by atoms with van der Waals surface area (Å²) in [5, 5.41) is 4.16. The maximum Gasteiger partial charge on any atom is 0.233 e. The van der Waals surface area contributed by atoms with E-state index in [1.54, 1.807) is 6.08 Å². The first kappa shape index (κ1) is 19.7. The second kappa shape index (κ2) is 9.15. The van der Waals surface area contributed by atoms with Crippen molar-refractivity contribution in [2.75, 3.05) is 6.54 Å².